The third-order valence-corrected chi connectivity index (χ3v) is 4.97. The fourth-order valence-corrected chi connectivity index (χ4v) is 3.43. The number of hydrogen-bond donors (Lipinski definition) is 1. The molecule has 0 saturated heterocycles. The summed E-state index contributed by atoms with van der Waals surface area (Å²) in [5.74, 6) is -0.167. The summed E-state index contributed by atoms with van der Waals surface area (Å²) in [5.41, 5.74) is 0.761. The van der Waals surface area contributed by atoms with E-state index in [9.17, 15) is 14.7 Å². The fraction of sp³-hybridized carbons (Fsp3) is 0.391. The number of aliphatic hydroxyl groups excluding tert-OH is 1. The van der Waals surface area contributed by atoms with Gasteiger partial charge < -0.3 is 24.1 Å². The second kappa shape index (κ2) is 9.17. The molecule has 1 atom stereocenters. The van der Waals surface area contributed by atoms with Crippen molar-refractivity contribution in [3.8, 4) is 5.75 Å². The van der Waals surface area contributed by atoms with Crippen molar-refractivity contribution in [3.63, 3.8) is 0 Å². The number of carbonyl (C=O) groups is 2. The fourth-order valence-electron chi connectivity index (χ4n) is 3.43. The number of benzene rings is 1. The molecule has 0 unspecified atom stereocenters. The highest BCUT2D eigenvalue weighted by Crippen LogP contribution is 2.39. The lowest BCUT2D eigenvalue weighted by Gasteiger charge is -2.28. The zero-order chi connectivity index (χ0) is 21.8. The molecule has 1 N–H and O–H groups in total. The van der Waals surface area contributed by atoms with Crippen molar-refractivity contribution >= 4 is 11.7 Å². The Labute approximate surface area is 176 Å². The first-order chi connectivity index (χ1) is 14.3. The number of likely N-dealkylation sites (N-methyl/N-ethyl adjacent to an activating group) is 1. The molecule has 1 amide bonds. The number of aliphatic hydroxyl groups is 1. The number of amides is 1. The second-order valence-electron chi connectivity index (χ2n) is 7.62. The molecule has 0 radical (unpaired) electrons. The topological polar surface area (TPSA) is 83.2 Å². The molecule has 1 aromatic carbocycles. The molecule has 0 bridgehead atoms. The van der Waals surface area contributed by atoms with Gasteiger partial charge in [0.05, 0.1) is 18.2 Å². The average molecular weight is 412 g/mol. The normalized spacial score (nSPS) is 16.6. The smallest absolute Gasteiger partial charge is 0.290 e. The number of aryl methyl sites for hydroxylation is 1. The summed E-state index contributed by atoms with van der Waals surface area (Å²) < 4.78 is 11.1. The van der Waals surface area contributed by atoms with Crippen LogP contribution < -0.4 is 4.74 Å². The average Bonchev–Trinajstić information content (AvgIpc) is 3.26. The van der Waals surface area contributed by atoms with Crippen LogP contribution in [-0.4, -0.2) is 60.4 Å². The van der Waals surface area contributed by atoms with Gasteiger partial charge in [0.2, 0.25) is 5.78 Å². The first-order valence-electron chi connectivity index (χ1n) is 10.1. The summed E-state index contributed by atoms with van der Waals surface area (Å²) >= 11 is 0. The number of ether oxygens (including phenoxy) is 1. The number of carbonyl (C=O) groups excluding carboxylic acids is 2. The summed E-state index contributed by atoms with van der Waals surface area (Å²) in [4.78, 5) is 29.5. The minimum atomic E-state index is -0.699. The molecule has 7 heteroatoms. The van der Waals surface area contributed by atoms with Crippen LogP contribution in [0.5, 0.6) is 5.75 Å². The highest BCUT2D eigenvalue weighted by atomic mass is 16.5. The van der Waals surface area contributed by atoms with Crippen molar-refractivity contribution in [2.45, 2.75) is 26.3 Å². The lowest BCUT2D eigenvalue weighted by atomic mass is 9.95. The van der Waals surface area contributed by atoms with Crippen LogP contribution in [0.2, 0.25) is 0 Å². The molecule has 3 rings (SSSR count). The molecule has 2 heterocycles. The summed E-state index contributed by atoms with van der Waals surface area (Å²) in [5, 5.41) is 10.6. The Morgan fingerprint density at radius 1 is 1.20 bits per heavy atom. The maximum absolute atomic E-state index is 13.2. The number of nitrogens with zero attached hydrogens (tertiary/aromatic N) is 2. The van der Waals surface area contributed by atoms with Gasteiger partial charge in [0.1, 0.15) is 11.5 Å². The lowest BCUT2D eigenvalue weighted by molar-refractivity contribution is -0.129. The summed E-state index contributed by atoms with van der Waals surface area (Å²) in [7, 11) is 3.81. The van der Waals surface area contributed by atoms with E-state index in [2.05, 4.69) is 0 Å². The third kappa shape index (κ3) is 4.41. The van der Waals surface area contributed by atoms with Crippen molar-refractivity contribution in [1.29, 1.82) is 0 Å². The van der Waals surface area contributed by atoms with Crippen LogP contribution >= 0.6 is 0 Å². The molecule has 0 spiro atoms. The Balaban J connectivity index is 1.99. The summed E-state index contributed by atoms with van der Waals surface area (Å²) in [6, 6.07) is 9.82. The van der Waals surface area contributed by atoms with E-state index in [1.807, 2.05) is 50.2 Å². The molecule has 30 heavy (non-hydrogen) atoms. The standard InChI is InChI=1S/C23H28N2O5/c1-5-14-29-17-9-7-16(8-10-17)20-19(21(26)18-11-6-15(2)30-18)22(27)23(28)25(20)13-12-24(3)4/h6-11,20,27H,5,12-14H2,1-4H3/t20-/m1/s1. The number of hydrogen-bond acceptors (Lipinski definition) is 6. The molecule has 160 valence electrons. The molecule has 0 saturated carbocycles. The molecule has 0 aliphatic carbocycles. The SMILES string of the molecule is CCCOc1ccc([C@@H]2C(C(=O)c3ccc(C)o3)=C(O)C(=O)N2CCN(C)C)cc1. The molecule has 1 aromatic heterocycles. The van der Waals surface area contributed by atoms with Crippen LogP contribution in [-0.2, 0) is 4.79 Å². The number of rotatable bonds is 9. The second-order valence-corrected chi connectivity index (χ2v) is 7.62. The van der Waals surface area contributed by atoms with Crippen LogP contribution in [0.1, 0.15) is 41.3 Å². The summed E-state index contributed by atoms with van der Waals surface area (Å²) in [6.07, 6.45) is 0.898. The van der Waals surface area contributed by atoms with E-state index >= 15 is 0 Å². The van der Waals surface area contributed by atoms with Gasteiger partial charge in [-0.3, -0.25) is 9.59 Å². The van der Waals surface area contributed by atoms with Crippen LogP contribution in [0.15, 0.2) is 52.1 Å². The van der Waals surface area contributed by atoms with E-state index in [4.69, 9.17) is 9.15 Å². The maximum atomic E-state index is 13.2. The van der Waals surface area contributed by atoms with Gasteiger partial charge in [-0.05, 0) is 57.3 Å². The number of furan rings is 1. The van der Waals surface area contributed by atoms with Crippen molar-refractivity contribution in [2.75, 3.05) is 33.8 Å². The molecule has 7 nitrogen and oxygen atoms in total. The van der Waals surface area contributed by atoms with Crippen molar-refractivity contribution in [1.82, 2.24) is 9.80 Å². The quantitative estimate of drug-likeness (QED) is 0.635. The van der Waals surface area contributed by atoms with Crippen LogP contribution in [0, 0.1) is 6.92 Å². The minimum Gasteiger partial charge on any atom is -0.503 e. The summed E-state index contributed by atoms with van der Waals surface area (Å²) in [6.45, 7) is 5.33. The van der Waals surface area contributed by atoms with Gasteiger partial charge >= 0.3 is 0 Å². The van der Waals surface area contributed by atoms with E-state index in [-0.39, 0.29) is 11.3 Å². The highest BCUT2D eigenvalue weighted by molar-refractivity contribution is 6.15. The first kappa shape index (κ1) is 21.6. The van der Waals surface area contributed by atoms with Gasteiger partial charge in [-0.1, -0.05) is 19.1 Å². The third-order valence-electron chi connectivity index (χ3n) is 4.97. The predicted octanol–water partition coefficient (Wildman–Crippen LogP) is 3.52. The predicted molar refractivity (Wildman–Crippen MR) is 113 cm³/mol. The molecular weight excluding hydrogens is 384 g/mol. The van der Waals surface area contributed by atoms with E-state index < -0.39 is 23.5 Å². The largest absolute Gasteiger partial charge is 0.503 e. The molecular formula is C23H28N2O5. The Bertz CT molecular complexity index is 943. The van der Waals surface area contributed by atoms with Crippen LogP contribution in [0.25, 0.3) is 0 Å². The van der Waals surface area contributed by atoms with Crippen LogP contribution in [0.4, 0.5) is 0 Å². The molecule has 1 aliphatic heterocycles. The molecule has 0 fully saturated rings. The number of ketones is 1. The van der Waals surface area contributed by atoms with Gasteiger partial charge in [0.15, 0.2) is 11.5 Å². The zero-order valence-corrected chi connectivity index (χ0v) is 17.8. The highest BCUT2D eigenvalue weighted by Gasteiger charge is 2.44. The molecule has 1 aliphatic rings. The van der Waals surface area contributed by atoms with E-state index in [1.54, 1.807) is 19.1 Å². The van der Waals surface area contributed by atoms with Gasteiger partial charge in [0.25, 0.3) is 5.91 Å². The van der Waals surface area contributed by atoms with Crippen LogP contribution in [0.3, 0.4) is 0 Å². The van der Waals surface area contributed by atoms with Gasteiger partial charge in [-0.15, -0.1) is 0 Å². The van der Waals surface area contributed by atoms with Crippen molar-refractivity contribution in [3.05, 3.63) is 64.8 Å². The van der Waals surface area contributed by atoms with Crippen molar-refractivity contribution < 1.29 is 23.8 Å². The Kier molecular flexibility index (Phi) is 6.62. The van der Waals surface area contributed by atoms with Crippen molar-refractivity contribution in [2.24, 2.45) is 0 Å². The van der Waals surface area contributed by atoms with E-state index in [0.717, 1.165) is 12.0 Å². The maximum Gasteiger partial charge on any atom is 0.290 e. The Morgan fingerprint density at radius 3 is 2.47 bits per heavy atom. The zero-order valence-electron chi connectivity index (χ0n) is 17.8. The minimum absolute atomic E-state index is 0.0373. The first-order valence-corrected chi connectivity index (χ1v) is 10.1. The van der Waals surface area contributed by atoms with Gasteiger partial charge in [-0.25, -0.2) is 0 Å². The van der Waals surface area contributed by atoms with Gasteiger partial charge in [0, 0.05) is 13.1 Å². The Morgan fingerprint density at radius 2 is 1.90 bits per heavy atom. The Hall–Kier alpha value is -3.06. The lowest BCUT2D eigenvalue weighted by Crippen LogP contribution is -2.36. The van der Waals surface area contributed by atoms with E-state index in [0.29, 0.717) is 31.2 Å². The van der Waals surface area contributed by atoms with Gasteiger partial charge in [-0.2, -0.15) is 0 Å². The molecule has 2 aromatic rings. The van der Waals surface area contributed by atoms with E-state index in [1.165, 1.54) is 4.90 Å². The number of Topliss-reactive ketones (excluding diaryl/α,β-unsaturated/α-hetero) is 1. The monoisotopic (exact) mass is 412 g/mol.